The van der Waals surface area contributed by atoms with Crippen LogP contribution in [-0.4, -0.2) is 18.5 Å². The summed E-state index contributed by atoms with van der Waals surface area (Å²) in [6, 6.07) is 1.83. The number of hydrogen-bond acceptors (Lipinski definition) is 5. The number of hydrogen-bond donors (Lipinski definition) is 0. The lowest BCUT2D eigenvalue weighted by atomic mass is 9.50. The van der Waals surface area contributed by atoms with Crippen LogP contribution in [0.15, 0.2) is 35.2 Å². The Kier molecular flexibility index (Phi) is 3.60. The summed E-state index contributed by atoms with van der Waals surface area (Å²) in [4.78, 5) is 24.9. The summed E-state index contributed by atoms with van der Waals surface area (Å²) >= 11 is 0. The van der Waals surface area contributed by atoms with Crippen molar-refractivity contribution in [3.05, 3.63) is 36.3 Å². The van der Waals surface area contributed by atoms with Gasteiger partial charge in [0.15, 0.2) is 0 Å². The molecule has 0 N–H and O–H groups in total. The SMILES string of the molecule is C=C1C(=O)O[C@H](c2ccoc2)C[C@@H]1[C@H]1CCC[C@]2(C)C(=O)OC[C@]12C. The van der Waals surface area contributed by atoms with Crippen LogP contribution in [0.1, 0.15) is 51.2 Å². The van der Waals surface area contributed by atoms with Crippen molar-refractivity contribution < 1.29 is 23.5 Å². The van der Waals surface area contributed by atoms with Crippen molar-refractivity contribution in [2.24, 2.45) is 22.7 Å². The topological polar surface area (TPSA) is 65.7 Å². The second kappa shape index (κ2) is 5.48. The lowest BCUT2D eigenvalue weighted by Gasteiger charge is -2.51. The summed E-state index contributed by atoms with van der Waals surface area (Å²) < 4.78 is 16.2. The van der Waals surface area contributed by atoms with Crippen LogP contribution in [-0.2, 0) is 19.1 Å². The second-order valence-electron chi connectivity index (χ2n) is 8.14. The van der Waals surface area contributed by atoms with Gasteiger partial charge in [-0.2, -0.15) is 0 Å². The first-order valence-electron chi connectivity index (χ1n) is 8.96. The standard InChI is InChI=1S/C20H24O5/c1-12-14(9-16(25-17(12)21)13-6-8-23-10-13)15-5-4-7-19(2)18(22)24-11-20(15,19)3/h6,8,10,14-16H,1,4-5,7,9,11H2,2-3H3/t14-,15+,16-,19+,20+/m0/s1. The van der Waals surface area contributed by atoms with Crippen molar-refractivity contribution in [2.45, 2.75) is 45.6 Å². The quantitative estimate of drug-likeness (QED) is 0.603. The minimum Gasteiger partial charge on any atom is -0.472 e. The number of carbonyl (C=O) groups is 2. The van der Waals surface area contributed by atoms with Gasteiger partial charge in [0, 0.05) is 16.6 Å². The largest absolute Gasteiger partial charge is 0.472 e. The van der Waals surface area contributed by atoms with E-state index in [1.54, 1.807) is 12.5 Å². The minimum absolute atomic E-state index is 0.0136. The third kappa shape index (κ3) is 2.21. The fraction of sp³-hybridized carbons (Fsp3) is 0.600. The Bertz CT molecular complexity index is 720. The van der Waals surface area contributed by atoms with Crippen LogP contribution in [0.5, 0.6) is 0 Å². The highest BCUT2D eigenvalue weighted by molar-refractivity contribution is 5.89. The van der Waals surface area contributed by atoms with Crippen molar-refractivity contribution in [2.75, 3.05) is 6.61 Å². The van der Waals surface area contributed by atoms with E-state index in [-0.39, 0.29) is 35.3 Å². The first-order valence-corrected chi connectivity index (χ1v) is 8.96. The molecule has 0 radical (unpaired) electrons. The van der Waals surface area contributed by atoms with Gasteiger partial charge in [-0.1, -0.05) is 19.9 Å². The molecule has 5 heteroatoms. The summed E-state index contributed by atoms with van der Waals surface area (Å²) in [7, 11) is 0. The summed E-state index contributed by atoms with van der Waals surface area (Å²) in [5.74, 6) is -0.286. The molecular weight excluding hydrogens is 320 g/mol. The van der Waals surface area contributed by atoms with E-state index in [2.05, 4.69) is 13.5 Å². The van der Waals surface area contributed by atoms with Gasteiger partial charge in [-0.15, -0.1) is 0 Å². The highest BCUT2D eigenvalue weighted by Gasteiger charge is 2.63. The zero-order chi connectivity index (χ0) is 17.8. The molecule has 4 rings (SSSR count). The molecule has 3 heterocycles. The van der Waals surface area contributed by atoms with E-state index < -0.39 is 5.41 Å². The molecule has 0 bridgehead atoms. The summed E-state index contributed by atoms with van der Waals surface area (Å²) in [5.41, 5.74) is 0.625. The van der Waals surface area contributed by atoms with E-state index in [9.17, 15) is 9.59 Å². The first-order chi connectivity index (χ1) is 11.9. The number of furan rings is 1. The van der Waals surface area contributed by atoms with Crippen LogP contribution < -0.4 is 0 Å². The fourth-order valence-corrected chi connectivity index (χ4v) is 5.16. The predicted octanol–water partition coefficient (Wildman–Crippen LogP) is 3.81. The smallest absolute Gasteiger partial charge is 0.334 e. The lowest BCUT2D eigenvalue weighted by molar-refractivity contribution is -0.154. The van der Waals surface area contributed by atoms with Crippen LogP contribution in [0.2, 0.25) is 0 Å². The molecule has 1 aliphatic carbocycles. The molecule has 134 valence electrons. The third-order valence-corrected chi connectivity index (χ3v) is 7.05. The van der Waals surface area contributed by atoms with Gasteiger partial charge in [0.2, 0.25) is 0 Å². The van der Waals surface area contributed by atoms with E-state index in [0.717, 1.165) is 24.8 Å². The molecule has 3 fully saturated rings. The van der Waals surface area contributed by atoms with E-state index in [1.165, 1.54) is 0 Å². The monoisotopic (exact) mass is 344 g/mol. The maximum absolute atomic E-state index is 12.4. The van der Waals surface area contributed by atoms with Crippen LogP contribution >= 0.6 is 0 Å². The van der Waals surface area contributed by atoms with Crippen LogP contribution in [0.3, 0.4) is 0 Å². The molecular formula is C20H24O5. The Morgan fingerprint density at radius 2 is 2.08 bits per heavy atom. The summed E-state index contributed by atoms with van der Waals surface area (Å²) in [6.07, 6.45) is 6.33. The van der Waals surface area contributed by atoms with E-state index in [0.29, 0.717) is 18.6 Å². The molecule has 3 aliphatic rings. The van der Waals surface area contributed by atoms with Gasteiger partial charge in [0.05, 0.1) is 24.5 Å². The van der Waals surface area contributed by atoms with Crippen molar-refractivity contribution in [1.29, 1.82) is 0 Å². The van der Waals surface area contributed by atoms with Crippen molar-refractivity contribution in [3.8, 4) is 0 Å². The van der Waals surface area contributed by atoms with E-state index in [4.69, 9.17) is 13.9 Å². The van der Waals surface area contributed by atoms with Crippen molar-refractivity contribution in [1.82, 2.24) is 0 Å². The zero-order valence-electron chi connectivity index (χ0n) is 14.7. The average Bonchev–Trinajstić information content (AvgIpc) is 3.19. The lowest BCUT2D eigenvalue weighted by Crippen LogP contribution is -2.51. The molecule has 0 aromatic carbocycles. The van der Waals surface area contributed by atoms with Crippen LogP contribution in [0, 0.1) is 22.7 Å². The molecule has 1 aromatic rings. The van der Waals surface area contributed by atoms with Gasteiger partial charge in [0.25, 0.3) is 0 Å². The molecule has 2 aliphatic heterocycles. The number of rotatable bonds is 2. The highest BCUT2D eigenvalue weighted by atomic mass is 16.5. The second-order valence-corrected chi connectivity index (χ2v) is 8.14. The number of fused-ring (bicyclic) bond motifs is 1. The number of carbonyl (C=O) groups excluding carboxylic acids is 2. The molecule has 5 nitrogen and oxygen atoms in total. The first kappa shape index (κ1) is 16.4. The Morgan fingerprint density at radius 3 is 2.80 bits per heavy atom. The molecule has 0 spiro atoms. The predicted molar refractivity (Wildman–Crippen MR) is 89.3 cm³/mol. The molecule has 5 atom stereocenters. The Morgan fingerprint density at radius 1 is 1.28 bits per heavy atom. The summed E-state index contributed by atoms with van der Waals surface area (Å²) in [6.45, 7) is 8.61. The number of ether oxygens (including phenoxy) is 2. The van der Waals surface area contributed by atoms with Gasteiger partial charge in [0.1, 0.15) is 6.10 Å². The van der Waals surface area contributed by atoms with Crippen LogP contribution in [0.25, 0.3) is 0 Å². The molecule has 1 aromatic heterocycles. The average molecular weight is 344 g/mol. The van der Waals surface area contributed by atoms with E-state index >= 15 is 0 Å². The Balaban J connectivity index is 1.68. The molecule has 1 saturated carbocycles. The number of cyclic esters (lactones) is 2. The normalized spacial score (nSPS) is 41.2. The zero-order valence-corrected chi connectivity index (χ0v) is 14.7. The van der Waals surface area contributed by atoms with Gasteiger partial charge in [-0.3, -0.25) is 4.79 Å². The van der Waals surface area contributed by atoms with Gasteiger partial charge < -0.3 is 13.9 Å². The van der Waals surface area contributed by atoms with Crippen molar-refractivity contribution >= 4 is 11.9 Å². The minimum atomic E-state index is -0.483. The maximum Gasteiger partial charge on any atom is 0.334 e. The third-order valence-electron chi connectivity index (χ3n) is 7.05. The van der Waals surface area contributed by atoms with Crippen molar-refractivity contribution in [3.63, 3.8) is 0 Å². The Labute approximate surface area is 147 Å². The van der Waals surface area contributed by atoms with Gasteiger partial charge >= 0.3 is 11.9 Å². The van der Waals surface area contributed by atoms with Crippen LogP contribution in [0.4, 0.5) is 0 Å². The van der Waals surface area contributed by atoms with Gasteiger partial charge in [-0.05, 0) is 44.1 Å². The van der Waals surface area contributed by atoms with E-state index in [1.807, 2.05) is 13.0 Å². The Hall–Kier alpha value is -2.04. The fourth-order valence-electron chi connectivity index (χ4n) is 5.16. The highest BCUT2D eigenvalue weighted by Crippen LogP contribution is 2.61. The maximum atomic E-state index is 12.4. The van der Waals surface area contributed by atoms with Gasteiger partial charge in [-0.25, -0.2) is 4.79 Å². The number of esters is 2. The molecule has 25 heavy (non-hydrogen) atoms. The summed E-state index contributed by atoms with van der Waals surface area (Å²) in [5, 5.41) is 0. The molecule has 0 unspecified atom stereocenters. The molecule has 2 saturated heterocycles. The molecule has 0 amide bonds.